The minimum absolute atomic E-state index is 0.221. The molecule has 0 bridgehead atoms. The fourth-order valence-electron chi connectivity index (χ4n) is 0.463. The Labute approximate surface area is 54.7 Å². The molecule has 0 aromatic heterocycles. The lowest BCUT2D eigenvalue weighted by Gasteiger charge is -1.97. The molecule has 0 aromatic carbocycles. The van der Waals surface area contributed by atoms with Crippen molar-refractivity contribution in [2.45, 2.75) is 20.8 Å². The zero-order valence-electron chi connectivity index (χ0n) is 5.97. The Morgan fingerprint density at radius 1 is 1.56 bits per heavy atom. The van der Waals surface area contributed by atoms with Gasteiger partial charge in [0.2, 0.25) is 5.91 Å². The molecule has 0 aromatic rings. The van der Waals surface area contributed by atoms with Crippen molar-refractivity contribution in [3.63, 3.8) is 0 Å². The van der Waals surface area contributed by atoms with Gasteiger partial charge in [-0.2, -0.15) is 4.99 Å². The number of ether oxygens (including phenoxy) is 1. The monoisotopic (exact) mass is 129 g/mol. The van der Waals surface area contributed by atoms with Gasteiger partial charge in [-0.1, -0.05) is 0 Å². The Hall–Kier alpha value is -0.860. The average Bonchev–Trinajstić information content (AvgIpc) is 1.63. The number of carbonyl (C=O) groups is 1. The minimum atomic E-state index is -0.221. The Morgan fingerprint density at radius 2 is 2.11 bits per heavy atom. The smallest absolute Gasteiger partial charge is 0.245 e. The molecular formula is C6H11NO2. The number of aliphatic imine (C=N–C) groups is 1. The first-order chi connectivity index (χ1) is 4.16. The Balaban J connectivity index is 3.69. The van der Waals surface area contributed by atoms with E-state index in [-0.39, 0.29) is 5.91 Å². The summed E-state index contributed by atoms with van der Waals surface area (Å²) in [5.41, 5.74) is 0. The van der Waals surface area contributed by atoms with Gasteiger partial charge in [0, 0.05) is 13.8 Å². The van der Waals surface area contributed by atoms with Gasteiger partial charge >= 0.3 is 0 Å². The molecule has 0 aliphatic carbocycles. The van der Waals surface area contributed by atoms with Gasteiger partial charge in [0.15, 0.2) is 5.90 Å². The second-order valence-electron chi connectivity index (χ2n) is 1.58. The Kier molecular flexibility index (Phi) is 3.67. The van der Waals surface area contributed by atoms with Crippen molar-refractivity contribution >= 4 is 11.8 Å². The molecule has 0 saturated heterocycles. The molecule has 0 saturated carbocycles. The van der Waals surface area contributed by atoms with Crippen LogP contribution in [0, 0.1) is 0 Å². The van der Waals surface area contributed by atoms with Gasteiger partial charge in [-0.3, -0.25) is 4.79 Å². The lowest BCUT2D eigenvalue weighted by molar-refractivity contribution is -0.115. The number of carbonyl (C=O) groups excluding carboxylic acids is 1. The van der Waals surface area contributed by atoms with E-state index >= 15 is 0 Å². The van der Waals surface area contributed by atoms with Crippen molar-refractivity contribution in [2.24, 2.45) is 4.99 Å². The van der Waals surface area contributed by atoms with Gasteiger partial charge in [0.1, 0.15) is 0 Å². The molecular weight excluding hydrogens is 118 g/mol. The standard InChI is InChI=1S/C6H11NO2/c1-4-9-6(3)7-5(2)8/h4H2,1-3H3. The molecule has 3 nitrogen and oxygen atoms in total. The van der Waals surface area contributed by atoms with Crippen molar-refractivity contribution in [2.75, 3.05) is 6.61 Å². The molecule has 0 unspecified atom stereocenters. The van der Waals surface area contributed by atoms with Crippen LogP contribution in [0.15, 0.2) is 4.99 Å². The number of hydrogen-bond acceptors (Lipinski definition) is 2. The van der Waals surface area contributed by atoms with Gasteiger partial charge < -0.3 is 4.74 Å². The number of hydrogen-bond donors (Lipinski definition) is 0. The summed E-state index contributed by atoms with van der Waals surface area (Å²) in [6.07, 6.45) is 0. The lowest BCUT2D eigenvalue weighted by Crippen LogP contribution is -2.01. The van der Waals surface area contributed by atoms with E-state index in [4.69, 9.17) is 4.74 Å². The molecule has 0 atom stereocenters. The maximum atomic E-state index is 10.3. The molecule has 0 spiro atoms. The first-order valence-electron chi connectivity index (χ1n) is 2.85. The molecule has 52 valence electrons. The van der Waals surface area contributed by atoms with Gasteiger partial charge in [0.25, 0.3) is 0 Å². The minimum Gasteiger partial charge on any atom is -0.481 e. The summed E-state index contributed by atoms with van der Waals surface area (Å²) in [6, 6.07) is 0. The second kappa shape index (κ2) is 4.06. The van der Waals surface area contributed by atoms with Crippen LogP contribution in [0.25, 0.3) is 0 Å². The SMILES string of the molecule is CCOC(C)=NC(C)=O. The summed E-state index contributed by atoms with van der Waals surface area (Å²) in [5.74, 6) is 0.214. The summed E-state index contributed by atoms with van der Waals surface area (Å²) >= 11 is 0. The highest BCUT2D eigenvalue weighted by Gasteiger charge is 1.89. The third-order valence-electron chi connectivity index (χ3n) is 0.668. The molecule has 0 aliphatic heterocycles. The van der Waals surface area contributed by atoms with E-state index in [0.717, 1.165) is 0 Å². The summed E-state index contributed by atoms with van der Waals surface area (Å²) in [7, 11) is 0. The zero-order valence-corrected chi connectivity index (χ0v) is 5.97. The van der Waals surface area contributed by atoms with Crippen molar-refractivity contribution in [3.8, 4) is 0 Å². The number of rotatable bonds is 1. The first-order valence-corrected chi connectivity index (χ1v) is 2.85. The van der Waals surface area contributed by atoms with Crippen LogP contribution in [0.3, 0.4) is 0 Å². The van der Waals surface area contributed by atoms with Gasteiger partial charge in [-0.15, -0.1) is 0 Å². The second-order valence-corrected chi connectivity index (χ2v) is 1.58. The Bertz CT molecular complexity index is 129. The maximum absolute atomic E-state index is 10.3. The van der Waals surface area contributed by atoms with Gasteiger partial charge in [0.05, 0.1) is 6.61 Å². The van der Waals surface area contributed by atoms with Gasteiger partial charge in [-0.25, -0.2) is 0 Å². The van der Waals surface area contributed by atoms with Crippen LogP contribution in [-0.4, -0.2) is 18.4 Å². The summed E-state index contributed by atoms with van der Waals surface area (Å²) < 4.78 is 4.88. The Morgan fingerprint density at radius 3 is 2.44 bits per heavy atom. The first kappa shape index (κ1) is 8.14. The molecule has 0 rings (SSSR count). The number of amides is 1. The van der Waals surface area contributed by atoms with Crippen LogP contribution in [0.2, 0.25) is 0 Å². The molecule has 3 heteroatoms. The highest BCUT2D eigenvalue weighted by molar-refractivity contribution is 5.88. The average molecular weight is 129 g/mol. The van der Waals surface area contributed by atoms with E-state index in [2.05, 4.69) is 4.99 Å². The maximum Gasteiger partial charge on any atom is 0.245 e. The highest BCUT2D eigenvalue weighted by atomic mass is 16.5. The summed E-state index contributed by atoms with van der Waals surface area (Å²) in [4.78, 5) is 13.8. The molecule has 0 N–H and O–H groups in total. The molecule has 0 aliphatic rings. The largest absolute Gasteiger partial charge is 0.481 e. The molecule has 1 amide bonds. The van der Waals surface area contributed by atoms with Crippen LogP contribution in [0.5, 0.6) is 0 Å². The zero-order chi connectivity index (χ0) is 7.28. The summed E-state index contributed by atoms with van der Waals surface area (Å²) in [5, 5.41) is 0. The van der Waals surface area contributed by atoms with Crippen LogP contribution < -0.4 is 0 Å². The number of nitrogens with zero attached hydrogens (tertiary/aromatic N) is 1. The normalized spacial score (nSPS) is 11.2. The van der Waals surface area contributed by atoms with Crippen molar-refractivity contribution in [1.82, 2.24) is 0 Å². The predicted octanol–water partition coefficient (Wildman–Crippen LogP) is 0.988. The summed E-state index contributed by atoms with van der Waals surface area (Å²) in [6.45, 7) is 5.45. The van der Waals surface area contributed by atoms with Crippen molar-refractivity contribution < 1.29 is 9.53 Å². The molecule has 0 radical (unpaired) electrons. The molecule has 0 fully saturated rings. The van der Waals surface area contributed by atoms with E-state index in [1.54, 1.807) is 6.92 Å². The predicted molar refractivity (Wildman–Crippen MR) is 35.4 cm³/mol. The highest BCUT2D eigenvalue weighted by Crippen LogP contribution is 1.81. The van der Waals surface area contributed by atoms with Crippen molar-refractivity contribution in [1.29, 1.82) is 0 Å². The van der Waals surface area contributed by atoms with E-state index in [1.165, 1.54) is 6.92 Å². The van der Waals surface area contributed by atoms with E-state index < -0.39 is 0 Å². The van der Waals surface area contributed by atoms with E-state index in [0.29, 0.717) is 12.5 Å². The molecule has 0 heterocycles. The van der Waals surface area contributed by atoms with E-state index in [9.17, 15) is 4.79 Å². The van der Waals surface area contributed by atoms with Crippen LogP contribution in [0.4, 0.5) is 0 Å². The lowest BCUT2D eigenvalue weighted by atomic mass is 10.7. The topological polar surface area (TPSA) is 38.7 Å². The van der Waals surface area contributed by atoms with Gasteiger partial charge in [-0.05, 0) is 6.92 Å². The fraction of sp³-hybridized carbons (Fsp3) is 0.667. The quantitative estimate of drug-likeness (QED) is 0.391. The fourth-order valence-corrected chi connectivity index (χ4v) is 0.463. The van der Waals surface area contributed by atoms with Crippen molar-refractivity contribution in [3.05, 3.63) is 0 Å². The molecule has 9 heavy (non-hydrogen) atoms. The van der Waals surface area contributed by atoms with Crippen LogP contribution in [-0.2, 0) is 9.53 Å². The van der Waals surface area contributed by atoms with E-state index in [1.807, 2.05) is 6.92 Å². The van der Waals surface area contributed by atoms with Crippen LogP contribution >= 0.6 is 0 Å². The van der Waals surface area contributed by atoms with Crippen LogP contribution in [0.1, 0.15) is 20.8 Å². The third kappa shape index (κ3) is 5.00. The third-order valence-corrected chi connectivity index (χ3v) is 0.668.